The van der Waals surface area contributed by atoms with Gasteiger partial charge in [0.15, 0.2) is 0 Å². The van der Waals surface area contributed by atoms with Gasteiger partial charge in [0, 0.05) is 18.1 Å². The van der Waals surface area contributed by atoms with Crippen molar-refractivity contribution in [1.82, 2.24) is 10.2 Å². The molecule has 1 N–H and O–H groups in total. The number of hydrogen-bond donors (Lipinski definition) is 1. The summed E-state index contributed by atoms with van der Waals surface area (Å²) >= 11 is 0. The van der Waals surface area contributed by atoms with Gasteiger partial charge in [-0.3, -0.25) is 4.90 Å². The maximum Gasteiger partial charge on any atom is 0.0473 e. The highest BCUT2D eigenvalue weighted by Gasteiger charge is 2.32. The molecule has 1 aliphatic rings. The molecule has 1 fully saturated rings. The quantitative estimate of drug-likeness (QED) is 0.830. The second kappa shape index (κ2) is 5.85. The molecule has 0 aliphatic heterocycles. The summed E-state index contributed by atoms with van der Waals surface area (Å²) in [6, 6.07) is 10.8. The van der Waals surface area contributed by atoms with Gasteiger partial charge in [-0.2, -0.15) is 0 Å². The van der Waals surface area contributed by atoms with E-state index in [4.69, 9.17) is 0 Å². The third-order valence-corrected chi connectivity index (χ3v) is 4.31. The smallest absolute Gasteiger partial charge is 0.0473 e. The summed E-state index contributed by atoms with van der Waals surface area (Å²) in [7, 11) is 4.32. The highest BCUT2D eigenvalue weighted by atomic mass is 15.2. The van der Waals surface area contributed by atoms with Gasteiger partial charge in [0.1, 0.15) is 0 Å². The normalized spacial score (nSPS) is 18.9. The third kappa shape index (κ3) is 2.93. The minimum Gasteiger partial charge on any atom is -0.312 e. The Morgan fingerprint density at radius 1 is 1.28 bits per heavy atom. The van der Waals surface area contributed by atoms with Gasteiger partial charge in [0.2, 0.25) is 0 Å². The van der Waals surface area contributed by atoms with Gasteiger partial charge in [0.05, 0.1) is 0 Å². The van der Waals surface area contributed by atoms with Gasteiger partial charge in [-0.05, 0) is 51.4 Å². The van der Waals surface area contributed by atoms with Gasteiger partial charge in [-0.15, -0.1) is 0 Å². The summed E-state index contributed by atoms with van der Waals surface area (Å²) in [6.45, 7) is 4.53. The van der Waals surface area contributed by atoms with E-state index >= 15 is 0 Å². The molecular formula is C16H26N2. The number of nitrogens with one attached hydrogen (secondary N) is 1. The van der Waals surface area contributed by atoms with E-state index in [-0.39, 0.29) is 0 Å². The van der Waals surface area contributed by atoms with E-state index in [1.807, 2.05) is 0 Å². The van der Waals surface area contributed by atoms with Crippen molar-refractivity contribution in [2.45, 2.75) is 51.2 Å². The number of aryl methyl sites for hydroxylation is 1. The average molecular weight is 246 g/mol. The summed E-state index contributed by atoms with van der Waals surface area (Å²) < 4.78 is 0. The zero-order valence-electron chi connectivity index (χ0n) is 12.1. The first kappa shape index (κ1) is 13.6. The number of benzene rings is 1. The van der Waals surface area contributed by atoms with Crippen LogP contribution in [0, 0.1) is 0 Å². The molecule has 1 saturated carbocycles. The Hall–Kier alpha value is -0.860. The molecule has 2 heteroatoms. The minimum absolute atomic E-state index is 0.418. The molecule has 2 nitrogen and oxygen atoms in total. The Balaban J connectivity index is 2.10. The monoisotopic (exact) mass is 246 g/mol. The van der Waals surface area contributed by atoms with Crippen molar-refractivity contribution in [3.63, 3.8) is 0 Å². The number of hydrogen-bond acceptors (Lipinski definition) is 2. The Morgan fingerprint density at radius 2 is 1.89 bits per heavy atom. The molecule has 2 atom stereocenters. The molecule has 0 bridgehead atoms. The topological polar surface area (TPSA) is 15.3 Å². The van der Waals surface area contributed by atoms with Crippen LogP contribution in [-0.2, 0) is 6.42 Å². The lowest BCUT2D eigenvalue weighted by molar-refractivity contribution is 0.203. The molecule has 100 valence electrons. The summed E-state index contributed by atoms with van der Waals surface area (Å²) in [5.74, 6) is 0. The lowest BCUT2D eigenvalue weighted by Gasteiger charge is -2.32. The Kier molecular flexibility index (Phi) is 4.41. The molecule has 0 saturated heterocycles. The molecule has 1 aliphatic carbocycles. The average Bonchev–Trinajstić information content (AvgIpc) is 3.23. The van der Waals surface area contributed by atoms with Crippen molar-refractivity contribution in [2.24, 2.45) is 0 Å². The van der Waals surface area contributed by atoms with E-state index in [1.165, 1.54) is 24.0 Å². The van der Waals surface area contributed by atoms with Crippen molar-refractivity contribution in [1.29, 1.82) is 0 Å². The molecule has 1 aromatic carbocycles. The van der Waals surface area contributed by atoms with Crippen LogP contribution in [0.5, 0.6) is 0 Å². The maximum atomic E-state index is 3.48. The van der Waals surface area contributed by atoms with Crippen LogP contribution in [0.3, 0.4) is 0 Å². The molecule has 2 unspecified atom stereocenters. The first-order chi connectivity index (χ1) is 8.67. The first-order valence-electron chi connectivity index (χ1n) is 7.15. The van der Waals surface area contributed by atoms with Crippen LogP contribution < -0.4 is 5.32 Å². The highest BCUT2D eigenvalue weighted by Crippen LogP contribution is 2.31. The largest absolute Gasteiger partial charge is 0.312 e. The van der Waals surface area contributed by atoms with E-state index in [1.54, 1.807) is 0 Å². The molecule has 1 aromatic rings. The van der Waals surface area contributed by atoms with Crippen LogP contribution >= 0.6 is 0 Å². The lowest BCUT2D eigenvalue weighted by Crippen LogP contribution is -2.40. The number of likely N-dealkylation sites (N-methyl/N-ethyl adjacent to an activating group) is 2. The van der Waals surface area contributed by atoms with E-state index in [0.717, 1.165) is 12.5 Å². The fraction of sp³-hybridized carbons (Fsp3) is 0.625. The summed E-state index contributed by atoms with van der Waals surface area (Å²) in [6.07, 6.45) is 3.85. The van der Waals surface area contributed by atoms with Crippen LogP contribution in [0.15, 0.2) is 24.3 Å². The van der Waals surface area contributed by atoms with E-state index in [2.05, 4.69) is 62.4 Å². The second-order valence-electron chi connectivity index (χ2n) is 5.50. The van der Waals surface area contributed by atoms with Crippen LogP contribution in [0.25, 0.3) is 0 Å². The zero-order chi connectivity index (χ0) is 13.1. The van der Waals surface area contributed by atoms with Crippen LogP contribution in [0.4, 0.5) is 0 Å². The second-order valence-corrected chi connectivity index (χ2v) is 5.50. The van der Waals surface area contributed by atoms with Crippen molar-refractivity contribution in [3.05, 3.63) is 35.4 Å². The third-order valence-electron chi connectivity index (χ3n) is 4.31. The van der Waals surface area contributed by atoms with Crippen molar-refractivity contribution < 1.29 is 0 Å². The predicted molar refractivity (Wildman–Crippen MR) is 77.9 cm³/mol. The molecule has 0 heterocycles. The van der Waals surface area contributed by atoms with E-state index in [0.29, 0.717) is 12.1 Å². The van der Waals surface area contributed by atoms with Crippen molar-refractivity contribution in [3.8, 4) is 0 Å². The molecule has 0 amide bonds. The van der Waals surface area contributed by atoms with Crippen LogP contribution in [0.2, 0.25) is 0 Å². The molecule has 0 aromatic heterocycles. The number of rotatable bonds is 6. The van der Waals surface area contributed by atoms with Crippen molar-refractivity contribution >= 4 is 0 Å². The SMILES string of the molecule is CCc1ccc(C(NC)C(C)N(C)C2CC2)cc1. The fourth-order valence-electron chi connectivity index (χ4n) is 2.70. The molecule has 18 heavy (non-hydrogen) atoms. The van der Waals surface area contributed by atoms with Gasteiger partial charge < -0.3 is 5.32 Å². The minimum atomic E-state index is 0.418. The van der Waals surface area contributed by atoms with Gasteiger partial charge in [0.25, 0.3) is 0 Å². The van der Waals surface area contributed by atoms with Gasteiger partial charge in [-0.25, -0.2) is 0 Å². The molecule has 0 spiro atoms. The fourth-order valence-corrected chi connectivity index (χ4v) is 2.70. The Labute approximate surface area is 111 Å². The maximum absolute atomic E-state index is 3.48. The Morgan fingerprint density at radius 3 is 2.33 bits per heavy atom. The standard InChI is InChI=1S/C16H26N2/c1-5-13-6-8-14(9-7-13)16(17-3)12(2)18(4)15-10-11-15/h6-9,12,15-17H,5,10-11H2,1-4H3. The van der Waals surface area contributed by atoms with Crippen LogP contribution in [0.1, 0.15) is 43.9 Å². The first-order valence-corrected chi connectivity index (χ1v) is 7.15. The van der Waals surface area contributed by atoms with E-state index in [9.17, 15) is 0 Å². The Bertz CT molecular complexity index is 367. The molecular weight excluding hydrogens is 220 g/mol. The summed E-state index contributed by atoms with van der Waals surface area (Å²) in [5, 5.41) is 3.48. The molecule has 0 radical (unpaired) electrons. The van der Waals surface area contributed by atoms with Gasteiger partial charge >= 0.3 is 0 Å². The predicted octanol–water partition coefficient (Wildman–Crippen LogP) is 2.99. The molecule has 2 rings (SSSR count). The van der Waals surface area contributed by atoms with Crippen molar-refractivity contribution in [2.75, 3.05) is 14.1 Å². The highest BCUT2D eigenvalue weighted by molar-refractivity contribution is 5.26. The summed E-state index contributed by atoms with van der Waals surface area (Å²) in [5.41, 5.74) is 2.81. The summed E-state index contributed by atoms with van der Waals surface area (Å²) in [4.78, 5) is 2.52. The van der Waals surface area contributed by atoms with Gasteiger partial charge in [-0.1, -0.05) is 31.2 Å². The van der Waals surface area contributed by atoms with E-state index < -0.39 is 0 Å². The zero-order valence-corrected chi connectivity index (χ0v) is 12.1. The number of nitrogens with zero attached hydrogens (tertiary/aromatic N) is 1. The van der Waals surface area contributed by atoms with Crippen LogP contribution in [-0.4, -0.2) is 31.1 Å². The lowest BCUT2D eigenvalue weighted by atomic mass is 9.98.